The summed E-state index contributed by atoms with van der Waals surface area (Å²) in [5, 5.41) is 11.0. The maximum absolute atomic E-state index is 12.9. The van der Waals surface area contributed by atoms with E-state index in [1.807, 2.05) is 31.2 Å². The number of nitrogens with zero attached hydrogens (tertiary/aromatic N) is 3. The van der Waals surface area contributed by atoms with Crippen LogP contribution in [0.25, 0.3) is 5.69 Å². The Bertz CT molecular complexity index is 816. The van der Waals surface area contributed by atoms with E-state index in [1.165, 1.54) is 18.5 Å². The summed E-state index contributed by atoms with van der Waals surface area (Å²) in [5.41, 5.74) is 3.02. The van der Waals surface area contributed by atoms with Gasteiger partial charge in [-0.1, -0.05) is 24.3 Å². The van der Waals surface area contributed by atoms with Crippen molar-refractivity contribution in [3.05, 3.63) is 78.1 Å². The third kappa shape index (κ3) is 4.60. The average Bonchev–Trinajstić information content (AvgIpc) is 3.16. The number of nitrogens with one attached hydrogen (secondary N) is 2. The summed E-state index contributed by atoms with van der Waals surface area (Å²) in [6.45, 7) is 2.58. The van der Waals surface area contributed by atoms with Crippen LogP contribution in [0, 0.1) is 5.82 Å². The standard InChI is InChI=1S/C18H18FN5S/c1-13(15-4-8-17(9-5-15)24-12-20-11-22-24)23-18(25)21-10-14-2-6-16(19)7-3-14/h2-9,11-13H,10H2,1H3,(H2,21,23,25)/t13-/m1/s1. The molecule has 7 heteroatoms. The molecule has 0 spiro atoms. The topological polar surface area (TPSA) is 54.8 Å². The lowest BCUT2D eigenvalue weighted by Crippen LogP contribution is -2.36. The average molecular weight is 355 g/mol. The number of benzene rings is 2. The summed E-state index contributed by atoms with van der Waals surface area (Å²) in [4.78, 5) is 3.94. The molecule has 0 aliphatic rings. The Kier molecular flexibility index (Phi) is 5.35. The minimum absolute atomic E-state index is 0.0537. The quantitative estimate of drug-likeness (QED) is 0.689. The van der Waals surface area contributed by atoms with Crippen LogP contribution in [0.3, 0.4) is 0 Å². The molecule has 2 N–H and O–H groups in total. The van der Waals surface area contributed by atoms with Gasteiger partial charge in [0.2, 0.25) is 0 Å². The predicted molar refractivity (Wildman–Crippen MR) is 98.7 cm³/mol. The molecule has 3 aromatic rings. The van der Waals surface area contributed by atoms with Crippen molar-refractivity contribution < 1.29 is 4.39 Å². The fraction of sp³-hybridized carbons (Fsp3) is 0.167. The molecule has 0 radical (unpaired) electrons. The molecule has 3 rings (SSSR count). The van der Waals surface area contributed by atoms with Crippen molar-refractivity contribution in [2.45, 2.75) is 19.5 Å². The van der Waals surface area contributed by atoms with Crippen LogP contribution in [-0.2, 0) is 6.54 Å². The highest BCUT2D eigenvalue weighted by atomic mass is 32.1. The lowest BCUT2D eigenvalue weighted by Gasteiger charge is -2.18. The van der Waals surface area contributed by atoms with Crippen LogP contribution in [0.2, 0.25) is 0 Å². The second kappa shape index (κ2) is 7.85. The van der Waals surface area contributed by atoms with Gasteiger partial charge in [-0.25, -0.2) is 14.1 Å². The molecule has 1 heterocycles. The first-order valence-electron chi connectivity index (χ1n) is 7.85. The van der Waals surface area contributed by atoms with Crippen molar-refractivity contribution in [1.82, 2.24) is 25.4 Å². The van der Waals surface area contributed by atoms with Crippen LogP contribution >= 0.6 is 12.2 Å². The molecular formula is C18H18FN5S. The molecule has 0 aliphatic carbocycles. The van der Waals surface area contributed by atoms with Gasteiger partial charge in [0.1, 0.15) is 18.5 Å². The molecular weight excluding hydrogens is 337 g/mol. The molecule has 0 bridgehead atoms. The second-order valence-electron chi connectivity index (χ2n) is 5.61. The molecule has 0 saturated heterocycles. The zero-order valence-corrected chi connectivity index (χ0v) is 14.5. The summed E-state index contributed by atoms with van der Waals surface area (Å²) in [6.07, 6.45) is 3.16. The number of hydrogen-bond acceptors (Lipinski definition) is 3. The number of aromatic nitrogens is 3. The van der Waals surface area contributed by atoms with Crippen LogP contribution in [0.4, 0.5) is 4.39 Å². The summed E-state index contributed by atoms with van der Waals surface area (Å²) < 4.78 is 14.6. The van der Waals surface area contributed by atoms with Crippen LogP contribution in [0.1, 0.15) is 24.1 Å². The van der Waals surface area contributed by atoms with E-state index < -0.39 is 0 Å². The number of hydrogen-bond donors (Lipinski definition) is 2. The Morgan fingerprint density at radius 2 is 1.88 bits per heavy atom. The Morgan fingerprint density at radius 3 is 2.52 bits per heavy atom. The highest BCUT2D eigenvalue weighted by molar-refractivity contribution is 7.80. The van der Waals surface area contributed by atoms with Gasteiger partial charge in [0.15, 0.2) is 5.11 Å². The molecule has 2 aromatic carbocycles. The van der Waals surface area contributed by atoms with E-state index in [1.54, 1.807) is 23.1 Å². The summed E-state index contributed by atoms with van der Waals surface area (Å²) in [5.74, 6) is -0.243. The van der Waals surface area contributed by atoms with Crippen molar-refractivity contribution >= 4 is 17.3 Å². The van der Waals surface area contributed by atoms with Gasteiger partial charge in [-0.3, -0.25) is 0 Å². The third-order valence-electron chi connectivity index (χ3n) is 3.79. The van der Waals surface area contributed by atoms with E-state index in [2.05, 4.69) is 20.7 Å². The van der Waals surface area contributed by atoms with Gasteiger partial charge in [-0.2, -0.15) is 5.10 Å². The van der Waals surface area contributed by atoms with Gasteiger partial charge in [0.05, 0.1) is 11.7 Å². The largest absolute Gasteiger partial charge is 0.359 e. The molecule has 25 heavy (non-hydrogen) atoms. The minimum atomic E-state index is -0.243. The molecule has 0 saturated carbocycles. The number of halogens is 1. The van der Waals surface area contributed by atoms with E-state index in [-0.39, 0.29) is 11.9 Å². The second-order valence-corrected chi connectivity index (χ2v) is 6.02. The van der Waals surface area contributed by atoms with Gasteiger partial charge in [-0.05, 0) is 54.5 Å². The number of rotatable bonds is 5. The molecule has 0 aliphatic heterocycles. The maximum atomic E-state index is 12.9. The van der Waals surface area contributed by atoms with Crippen molar-refractivity contribution in [1.29, 1.82) is 0 Å². The first-order valence-corrected chi connectivity index (χ1v) is 8.26. The Morgan fingerprint density at radius 1 is 1.16 bits per heavy atom. The molecule has 0 fully saturated rings. The predicted octanol–water partition coefficient (Wildman–Crippen LogP) is 3.13. The minimum Gasteiger partial charge on any atom is -0.359 e. The highest BCUT2D eigenvalue weighted by Crippen LogP contribution is 2.15. The molecule has 128 valence electrons. The summed E-state index contributed by atoms with van der Waals surface area (Å²) in [7, 11) is 0. The normalized spacial score (nSPS) is 11.8. The van der Waals surface area contributed by atoms with Crippen molar-refractivity contribution in [2.24, 2.45) is 0 Å². The van der Waals surface area contributed by atoms with Crippen molar-refractivity contribution in [2.75, 3.05) is 0 Å². The van der Waals surface area contributed by atoms with E-state index in [0.29, 0.717) is 11.7 Å². The van der Waals surface area contributed by atoms with Crippen LogP contribution in [0.5, 0.6) is 0 Å². The van der Waals surface area contributed by atoms with Gasteiger partial charge >= 0.3 is 0 Å². The van der Waals surface area contributed by atoms with Crippen LogP contribution in [-0.4, -0.2) is 19.9 Å². The monoisotopic (exact) mass is 355 g/mol. The number of thiocarbonyl (C=S) groups is 1. The molecule has 5 nitrogen and oxygen atoms in total. The SMILES string of the molecule is C[C@@H](NC(=S)NCc1ccc(F)cc1)c1ccc(-n2cncn2)cc1. The van der Waals surface area contributed by atoms with Crippen molar-refractivity contribution in [3.63, 3.8) is 0 Å². The van der Waals surface area contributed by atoms with Crippen LogP contribution < -0.4 is 10.6 Å². The zero-order chi connectivity index (χ0) is 17.6. The third-order valence-corrected chi connectivity index (χ3v) is 4.05. The van der Waals surface area contributed by atoms with E-state index in [9.17, 15) is 4.39 Å². The lowest BCUT2D eigenvalue weighted by atomic mass is 10.1. The van der Waals surface area contributed by atoms with Gasteiger partial charge < -0.3 is 10.6 Å². The molecule has 1 aromatic heterocycles. The Labute approximate surface area is 150 Å². The smallest absolute Gasteiger partial charge is 0.167 e. The van der Waals surface area contributed by atoms with E-state index >= 15 is 0 Å². The zero-order valence-electron chi connectivity index (χ0n) is 13.7. The Balaban J connectivity index is 1.53. The Hall–Kier alpha value is -2.80. The fourth-order valence-corrected chi connectivity index (χ4v) is 2.62. The molecule has 0 unspecified atom stereocenters. The molecule has 1 atom stereocenters. The van der Waals surface area contributed by atoms with E-state index in [4.69, 9.17) is 12.2 Å². The first kappa shape index (κ1) is 17.0. The maximum Gasteiger partial charge on any atom is 0.167 e. The van der Waals surface area contributed by atoms with E-state index in [0.717, 1.165) is 16.8 Å². The van der Waals surface area contributed by atoms with Crippen LogP contribution in [0.15, 0.2) is 61.2 Å². The molecule has 0 amide bonds. The van der Waals surface area contributed by atoms with Gasteiger partial charge in [0.25, 0.3) is 0 Å². The fourth-order valence-electron chi connectivity index (χ4n) is 2.37. The first-order chi connectivity index (χ1) is 12.1. The van der Waals surface area contributed by atoms with Gasteiger partial charge in [0, 0.05) is 6.54 Å². The lowest BCUT2D eigenvalue weighted by molar-refractivity contribution is 0.626. The highest BCUT2D eigenvalue weighted by Gasteiger charge is 2.07. The summed E-state index contributed by atoms with van der Waals surface area (Å²) in [6, 6.07) is 14.4. The van der Waals surface area contributed by atoms with Crippen molar-refractivity contribution in [3.8, 4) is 5.69 Å². The van der Waals surface area contributed by atoms with Gasteiger partial charge in [-0.15, -0.1) is 0 Å². The summed E-state index contributed by atoms with van der Waals surface area (Å²) >= 11 is 5.33.